The first kappa shape index (κ1) is 10.4. The zero-order valence-corrected chi connectivity index (χ0v) is 10.0. The van der Waals surface area contributed by atoms with E-state index in [1.54, 1.807) is 0 Å². The highest BCUT2D eigenvalue weighted by molar-refractivity contribution is 6.29. The molecule has 0 fully saturated rings. The highest BCUT2D eigenvalue weighted by atomic mass is 35.5. The Balaban J connectivity index is 2.33. The summed E-state index contributed by atoms with van der Waals surface area (Å²) >= 11 is 6.11. The summed E-state index contributed by atoms with van der Waals surface area (Å²) in [5.74, 6) is 0. The maximum atomic E-state index is 6.11. The standard InChI is InChI=1S/C12H15ClN2/c1-9-6-14(3)7-11(9)8-15-10(2)4-5-12(15)13/h4-7H,8H2,1-3H3. The SMILES string of the molecule is Cc1cn(C)cc1Cn1c(C)ccc1Cl. The molecule has 2 aromatic rings. The van der Waals surface area contributed by atoms with E-state index in [4.69, 9.17) is 11.6 Å². The third-order valence-corrected chi connectivity index (χ3v) is 3.07. The molecule has 0 saturated heterocycles. The van der Waals surface area contributed by atoms with E-state index in [1.807, 2.05) is 19.2 Å². The molecule has 0 aliphatic heterocycles. The van der Waals surface area contributed by atoms with Gasteiger partial charge in [-0.3, -0.25) is 0 Å². The third kappa shape index (κ3) is 1.95. The molecule has 0 aromatic carbocycles. The van der Waals surface area contributed by atoms with E-state index in [2.05, 4.69) is 35.4 Å². The van der Waals surface area contributed by atoms with Crippen LogP contribution < -0.4 is 0 Å². The molecule has 2 aromatic heterocycles. The molecule has 0 bridgehead atoms. The molecule has 0 N–H and O–H groups in total. The van der Waals surface area contributed by atoms with Crippen LogP contribution in [0.4, 0.5) is 0 Å². The summed E-state index contributed by atoms with van der Waals surface area (Å²) in [4.78, 5) is 0. The summed E-state index contributed by atoms with van der Waals surface area (Å²) in [6.45, 7) is 5.05. The smallest absolute Gasteiger partial charge is 0.109 e. The number of rotatable bonds is 2. The Kier molecular flexibility index (Phi) is 2.61. The van der Waals surface area contributed by atoms with E-state index in [0.717, 1.165) is 11.7 Å². The van der Waals surface area contributed by atoms with E-state index in [-0.39, 0.29) is 0 Å². The molecule has 2 rings (SSSR count). The van der Waals surface area contributed by atoms with Crippen molar-refractivity contribution < 1.29 is 0 Å². The fourth-order valence-corrected chi connectivity index (χ4v) is 2.10. The van der Waals surface area contributed by atoms with E-state index >= 15 is 0 Å². The van der Waals surface area contributed by atoms with Crippen molar-refractivity contribution in [1.29, 1.82) is 0 Å². The topological polar surface area (TPSA) is 9.86 Å². The van der Waals surface area contributed by atoms with Crippen LogP contribution in [0, 0.1) is 13.8 Å². The van der Waals surface area contributed by atoms with Crippen molar-refractivity contribution in [2.24, 2.45) is 7.05 Å². The Morgan fingerprint density at radius 2 is 1.93 bits per heavy atom. The number of aryl methyl sites for hydroxylation is 3. The highest BCUT2D eigenvalue weighted by Gasteiger charge is 2.06. The Labute approximate surface area is 95.1 Å². The van der Waals surface area contributed by atoms with Crippen LogP contribution in [0.15, 0.2) is 24.5 Å². The van der Waals surface area contributed by atoms with Gasteiger partial charge in [-0.2, -0.15) is 0 Å². The van der Waals surface area contributed by atoms with Crippen LogP contribution in [-0.2, 0) is 13.6 Å². The summed E-state index contributed by atoms with van der Waals surface area (Å²) < 4.78 is 4.20. The van der Waals surface area contributed by atoms with Gasteiger partial charge in [0.15, 0.2) is 0 Å². The lowest BCUT2D eigenvalue weighted by Gasteiger charge is -2.07. The summed E-state index contributed by atoms with van der Waals surface area (Å²) in [5.41, 5.74) is 3.82. The van der Waals surface area contributed by atoms with Crippen LogP contribution in [0.2, 0.25) is 5.15 Å². The van der Waals surface area contributed by atoms with Crippen LogP contribution in [0.3, 0.4) is 0 Å². The molecule has 80 valence electrons. The molecular weight excluding hydrogens is 208 g/mol. The molecule has 0 unspecified atom stereocenters. The van der Waals surface area contributed by atoms with E-state index < -0.39 is 0 Å². The molecule has 0 saturated carbocycles. The molecule has 0 radical (unpaired) electrons. The van der Waals surface area contributed by atoms with Gasteiger partial charge in [0.05, 0.1) is 6.54 Å². The molecule has 2 nitrogen and oxygen atoms in total. The molecule has 0 atom stereocenters. The van der Waals surface area contributed by atoms with Crippen LogP contribution in [-0.4, -0.2) is 9.13 Å². The van der Waals surface area contributed by atoms with E-state index in [1.165, 1.54) is 16.8 Å². The van der Waals surface area contributed by atoms with Gasteiger partial charge in [-0.1, -0.05) is 11.6 Å². The van der Waals surface area contributed by atoms with Crippen LogP contribution >= 0.6 is 11.6 Å². The molecule has 2 heterocycles. The van der Waals surface area contributed by atoms with Gasteiger partial charge < -0.3 is 9.13 Å². The second-order valence-electron chi connectivity index (χ2n) is 4.02. The van der Waals surface area contributed by atoms with E-state index in [0.29, 0.717) is 0 Å². The average molecular weight is 223 g/mol. The van der Waals surface area contributed by atoms with Gasteiger partial charge in [0.1, 0.15) is 5.15 Å². The number of hydrogen-bond acceptors (Lipinski definition) is 0. The van der Waals surface area contributed by atoms with Gasteiger partial charge in [0.25, 0.3) is 0 Å². The molecule has 0 amide bonds. The van der Waals surface area contributed by atoms with Crippen molar-refractivity contribution in [2.45, 2.75) is 20.4 Å². The number of hydrogen-bond donors (Lipinski definition) is 0. The summed E-state index contributed by atoms with van der Waals surface area (Å²) in [6, 6.07) is 3.98. The minimum Gasteiger partial charge on any atom is -0.357 e. The molecular formula is C12H15ClN2. The van der Waals surface area contributed by atoms with Crippen molar-refractivity contribution in [3.05, 3.63) is 46.5 Å². The number of halogens is 1. The van der Waals surface area contributed by atoms with Crippen molar-refractivity contribution in [3.63, 3.8) is 0 Å². The second-order valence-corrected chi connectivity index (χ2v) is 4.40. The van der Waals surface area contributed by atoms with Gasteiger partial charge in [0.2, 0.25) is 0 Å². The quantitative estimate of drug-likeness (QED) is 0.739. The van der Waals surface area contributed by atoms with Gasteiger partial charge in [-0.25, -0.2) is 0 Å². The number of aromatic nitrogens is 2. The first-order valence-electron chi connectivity index (χ1n) is 5.01. The largest absolute Gasteiger partial charge is 0.357 e. The third-order valence-electron chi connectivity index (χ3n) is 2.74. The lowest BCUT2D eigenvalue weighted by Crippen LogP contribution is -2.01. The maximum absolute atomic E-state index is 6.11. The molecule has 0 spiro atoms. The monoisotopic (exact) mass is 222 g/mol. The minimum atomic E-state index is 0.802. The summed E-state index contributed by atoms with van der Waals surface area (Å²) in [6.07, 6.45) is 4.27. The fourth-order valence-electron chi connectivity index (χ4n) is 1.85. The Bertz CT molecular complexity index is 460. The highest BCUT2D eigenvalue weighted by Crippen LogP contribution is 2.18. The predicted molar refractivity (Wildman–Crippen MR) is 63.4 cm³/mol. The Hall–Kier alpha value is -1.15. The lowest BCUT2D eigenvalue weighted by atomic mass is 10.2. The van der Waals surface area contributed by atoms with Crippen molar-refractivity contribution in [2.75, 3.05) is 0 Å². The predicted octanol–water partition coefficient (Wildman–Crippen LogP) is 3.15. The maximum Gasteiger partial charge on any atom is 0.109 e. The second kappa shape index (κ2) is 3.78. The van der Waals surface area contributed by atoms with Gasteiger partial charge in [0, 0.05) is 25.1 Å². The average Bonchev–Trinajstić information content (AvgIpc) is 2.63. The first-order chi connectivity index (χ1) is 7.08. The van der Waals surface area contributed by atoms with Crippen molar-refractivity contribution in [3.8, 4) is 0 Å². The fraction of sp³-hybridized carbons (Fsp3) is 0.333. The molecule has 0 aliphatic rings. The first-order valence-corrected chi connectivity index (χ1v) is 5.39. The number of nitrogens with zero attached hydrogens (tertiary/aromatic N) is 2. The Morgan fingerprint density at radius 3 is 2.40 bits per heavy atom. The van der Waals surface area contributed by atoms with E-state index in [9.17, 15) is 0 Å². The molecule has 3 heteroatoms. The van der Waals surface area contributed by atoms with Crippen LogP contribution in [0.1, 0.15) is 16.8 Å². The lowest BCUT2D eigenvalue weighted by molar-refractivity contribution is 0.771. The van der Waals surface area contributed by atoms with Gasteiger partial charge in [-0.05, 0) is 37.1 Å². The van der Waals surface area contributed by atoms with Gasteiger partial charge >= 0.3 is 0 Å². The molecule has 0 aliphatic carbocycles. The van der Waals surface area contributed by atoms with Crippen LogP contribution in [0.5, 0.6) is 0 Å². The zero-order valence-electron chi connectivity index (χ0n) is 9.29. The van der Waals surface area contributed by atoms with Crippen molar-refractivity contribution >= 4 is 11.6 Å². The summed E-state index contributed by atoms with van der Waals surface area (Å²) in [7, 11) is 2.04. The minimum absolute atomic E-state index is 0.802. The van der Waals surface area contributed by atoms with Crippen LogP contribution in [0.25, 0.3) is 0 Å². The zero-order chi connectivity index (χ0) is 11.0. The van der Waals surface area contributed by atoms with Crippen molar-refractivity contribution in [1.82, 2.24) is 9.13 Å². The molecule has 15 heavy (non-hydrogen) atoms. The normalized spacial score (nSPS) is 10.9. The Morgan fingerprint density at radius 1 is 1.20 bits per heavy atom. The van der Waals surface area contributed by atoms with Gasteiger partial charge in [-0.15, -0.1) is 0 Å². The summed E-state index contributed by atoms with van der Waals surface area (Å²) in [5, 5.41) is 0.802.